The van der Waals surface area contributed by atoms with E-state index in [4.69, 9.17) is 4.74 Å². The summed E-state index contributed by atoms with van der Waals surface area (Å²) in [5.74, 6) is -0.160. The van der Waals surface area contributed by atoms with Gasteiger partial charge in [-0.25, -0.2) is 4.79 Å². The van der Waals surface area contributed by atoms with Crippen molar-refractivity contribution >= 4 is 17.6 Å². The average Bonchev–Trinajstić information content (AvgIpc) is 2.44. The van der Waals surface area contributed by atoms with Gasteiger partial charge in [0.05, 0.1) is 12.2 Å². The maximum atomic E-state index is 12.4. The first-order valence-corrected chi connectivity index (χ1v) is 8.28. The number of rotatable bonds is 2. The van der Waals surface area contributed by atoms with Crippen molar-refractivity contribution in [2.24, 2.45) is 0 Å². The zero-order valence-electron chi connectivity index (χ0n) is 15.1. The average molecular weight is 333 g/mol. The van der Waals surface area contributed by atoms with Crippen LogP contribution in [0.25, 0.3) is 0 Å². The highest BCUT2D eigenvalue weighted by Crippen LogP contribution is 2.15. The molecule has 1 aliphatic heterocycles. The van der Waals surface area contributed by atoms with E-state index in [9.17, 15) is 9.59 Å². The molecule has 0 radical (unpaired) electrons. The number of carbonyl (C=O) groups is 2. The highest BCUT2D eigenvalue weighted by atomic mass is 16.5. The van der Waals surface area contributed by atoms with Crippen LogP contribution in [0.2, 0.25) is 0 Å². The van der Waals surface area contributed by atoms with E-state index < -0.39 is 0 Å². The number of carbonyl (C=O) groups excluding carboxylic acids is 2. The molecule has 2 atom stereocenters. The minimum Gasteiger partial charge on any atom is -0.372 e. The number of ether oxygens (including phenoxy) is 1. The number of morpholine rings is 1. The SMILES string of the molecule is CC1CN(C(=O)Nc2cccc(C(=O)NC(C)(C)C)c2)CC(C)O1. The Morgan fingerprint density at radius 2 is 1.79 bits per heavy atom. The van der Waals surface area contributed by atoms with Crippen molar-refractivity contribution in [3.05, 3.63) is 29.8 Å². The summed E-state index contributed by atoms with van der Waals surface area (Å²) in [6, 6.07) is 6.78. The van der Waals surface area contributed by atoms with Crippen LogP contribution in [0.4, 0.5) is 10.5 Å². The summed E-state index contributed by atoms with van der Waals surface area (Å²) in [6.07, 6.45) is 0.0341. The molecule has 24 heavy (non-hydrogen) atoms. The predicted molar refractivity (Wildman–Crippen MR) is 94.3 cm³/mol. The molecule has 1 saturated heterocycles. The molecular weight excluding hydrogens is 306 g/mol. The van der Waals surface area contributed by atoms with Gasteiger partial charge in [0.1, 0.15) is 0 Å². The fraction of sp³-hybridized carbons (Fsp3) is 0.556. The number of nitrogens with zero attached hydrogens (tertiary/aromatic N) is 1. The molecule has 3 amide bonds. The minimum absolute atomic E-state index is 0.0170. The second kappa shape index (κ2) is 7.21. The summed E-state index contributed by atoms with van der Waals surface area (Å²) >= 11 is 0. The van der Waals surface area contributed by atoms with Gasteiger partial charge in [-0.05, 0) is 52.8 Å². The standard InChI is InChI=1S/C18H27N3O3/c1-12-10-21(11-13(2)24-12)17(23)19-15-8-6-7-14(9-15)16(22)20-18(3,4)5/h6-9,12-13H,10-11H2,1-5H3,(H,19,23)(H,20,22). The van der Waals surface area contributed by atoms with Crippen molar-refractivity contribution in [3.8, 4) is 0 Å². The zero-order chi connectivity index (χ0) is 17.9. The smallest absolute Gasteiger partial charge is 0.322 e. The Morgan fingerprint density at radius 3 is 2.38 bits per heavy atom. The van der Waals surface area contributed by atoms with E-state index in [1.165, 1.54) is 0 Å². The normalized spacial score (nSPS) is 21.3. The summed E-state index contributed by atoms with van der Waals surface area (Å²) in [5.41, 5.74) is 0.816. The Morgan fingerprint density at radius 1 is 1.17 bits per heavy atom. The molecule has 2 N–H and O–H groups in total. The van der Waals surface area contributed by atoms with Crippen molar-refractivity contribution in [2.75, 3.05) is 18.4 Å². The molecule has 0 aliphatic carbocycles. The maximum Gasteiger partial charge on any atom is 0.322 e. The van der Waals surface area contributed by atoms with E-state index >= 15 is 0 Å². The van der Waals surface area contributed by atoms with Gasteiger partial charge in [0.2, 0.25) is 0 Å². The largest absolute Gasteiger partial charge is 0.372 e. The summed E-state index contributed by atoms with van der Waals surface area (Å²) in [5, 5.41) is 5.77. The Labute approximate surface area is 143 Å². The molecule has 1 fully saturated rings. The second-order valence-electron chi connectivity index (χ2n) is 7.38. The molecule has 0 spiro atoms. The van der Waals surface area contributed by atoms with E-state index in [1.54, 1.807) is 29.2 Å². The molecule has 1 aromatic carbocycles. The molecule has 6 heteroatoms. The Kier molecular flexibility index (Phi) is 5.49. The van der Waals surface area contributed by atoms with Crippen LogP contribution in [0.15, 0.2) is 24.3 Å². The molecule has 1 aromatic rings. The summed E-state index contributed by atoms with van der Waals surface area (Å²) in [6.45, 7) is 10.8. The van der Waals surface area contributed by atoms with Gasteiger partial charge in [0.25, 0.3) is 5.91 Å². The van der Waals surface area contributed by atoms with Gasteiger partial charge in [-0.2, -0.15) is 0 Å². The van der Waals surface area contributed by atoms with Crippen LogP contribution in [-0.2, 0) is 4.74 Å². The number of urea groups is 1. The van der Waals surface area contributed by atoms with Gasteiger partial charge in [-0.1, -0.05) is 6.07 Å². The monoisotopic (exact) mass is 333 g/mol. The van der Waals surface area contributed by atoms with Crippen LogP contribution in [0, 0.1) is 0 Å². The highest BCUT2D eigenvalue weighted by molar-refractivity contribution is 5.97. The first-order valence-electron chi connectivity index (χ1n) is 8.28. The topological polar surface area (TPSA) is 70.7 Å². The summed E-state index contributed by atoms with van der Waals surface area (Å²) < 4.78 is 5.64. The molecule has 132 valence electrons. The van der Waals surface area contributed by atoms with E-state index in [2.05, 4.69) is 10.6 Å². The van der Waals surface area contributed by atoms with Crippen molar-refractivity contribution in [1.82, 2.24) is 10.2 Å². The molecule has 1 heterocycles. The van der Waals surface area contributed by atoms with Crippen molar-refractivity contribution in [1.29, 1.82) is 0 Å². The quantitative estimate of drug-likeness (QED) is 0.874. The van der Waals surface area contributed by atoms with Gasteiger partial charge < -0.3 is 20.3 Å². The number of amides is 3. The van der Waals surface area contributed by atoms with Crippen molar-refractivity contribution in [2.45, 2.75) is 52.4 Å². The fourth-order valence-corrected chi connectivity index (χ4v) is 2.70. The van der Waals surface area contributed by atoms with Gasteiger partial charge >= 0.3 is 6.03 Å². The van der Waals surface area contributed by atoms with Crippen molar-refractivity contribution < 1.29 is 14.3 Å². The first-order chi connectivity index (χ1) is 11.1. The van der Waals surface area contributed by atoms with E-state index in [0.717, 1.165) is 0 Å². The number of nitrogens with one attached hydrogen (secondary N) is 2. The summed E-state index contributed by atoms with van der Waals surface area (Å²) in [7, 11) is 0. The molecule has 0 saturated carbocycles. The maximum absolute atomic E-state index is 12.4. The molecule has 2 rings (SSSR count). The Balaban J connectivity index is 2.03. The lowest BCUT2D eigenvalue weighted by molar-refractivity contribution is -0.0530. The van der Waals surface area contributed by atoms with Gasteiger partial charge in [0, 0.05) is 29.9 Å². The molecule has 6 nitrogen and oxygen atoms in total. The third kappa shape index (κ3) is 5.23. The zero-order valence-corrected chi connectivity index (χ0v) is 15.1. The lowest BCUT2D eigenvalue weighted by atomic mass is 10.1. The fourth-order valence-electron chi connectivity index (χ4n) is 2.70. The van der Waals surface area contributed by atoms with E-state index in [0.29, 0.717) is 24.3 Å². The molecule has 0 aromatic heterocycles. The van der Waals surface area contributed by atoms with Gasteiger partial charge in [-0.15, -0.1) is 0 Å². The lowest BCUT2D eigenvalue weighted by Crippen LogP contribution is -2.49. The van der Waals surface area contributed by atoms with Crippen molar-refractivity contribution in [3.63, 3.8) is 0 Å². The first kappa shape index (κ1) is 18.3. The molecule has 0 bridgehead atoms. The van der Waals surface area contributed by atoms with Gasteiger partial charge in [0.15, 0.2) is 0 Å². The minimum atomic E-state index is -0.309. The van der Waals surface area contributed by atoms with Crippen LogP contribution in [0.1, 0.15) is 45.0 Å². The second-order valence-corrected chi connectivity index (χ2v) is 7.38. The molecule has 1 aliphatic rings. The Hall–Kier alpha value is -2.08. The van der Waals surface area contributed by atoms with Crippen LogP contribution in [-0.4, -0.2) is 47.7 Å². The van der Waals surface area contributed by atoms with Crippen LogP contribution in [0.5, 0.6) is 0 Å². The number of hydrogen-bond donors (Lipinski definition) is 2. The van der Waals surface area contributed by atoms with E-state index in [1.807, 2.05) is 34.6 Å². The number of benzene rings is 1. The highest BCUT2D eigenvalue weighted by Gasteiger charge is 2.26. The van der Waals surface area contributed by atoms with E-state index in [-0.39, 0.29) is 29.7 Å². The molecular formula is C18H27N3O3. The predicted octanol–water partition coefficient (Wildman–Crippen LogP) is 2.86. The Bertz CT molecular complexity index is 600. The van der Waals surface area contributed by atoms with Crippen LogP contribution in [0.3, 0.4) is 0 Å². The number of anilines is 1. The van der Waals surface area contributed by atoms with Gasteiger partial charge in [-0.3, -0.25) is 4.79 Å². The molecule has 2 unspecified atom stereocenters. The lowest BCUT2D eigenvalue weighted by Gasteiger charge is -2.35. The van der Waals surface area contributed by atoms with Crippen LogP contribution >= 0.6 is 0 Å². The number of hydrogen-bond acceptors (Lipinski definition) is 3. The third-order valence-corrected chi connectivity index (χ3v) is 3.57. The van der Waals surface area contributed by atoms with Crippen LogP contribution < -0.4 is 10.6 Å². The third-order valence-electron chi connectivity index (χ3n) is 3.57. The summed E-state index contributed by atoms with van der Waals surface area (Å²) in [4.78, 5) is 26.4.